The van der Waals surface area contributed by atoms with Crippen LogP contribution in [0.5, 0.6) is 5.75 Å². The van der Waals surface area contributed by atoms with Crippen LogP contribution in [0.1, 0.15) is 71.3 Å². The molecule has 2 heterocycles. The van der Waals surface area contributed by atoms with Gasteiger partial charge in [0, 0.05) is 35.5 Å². The van der Waals surface area contributed by atoms with Gasteiger partial charge in [-0.2, -0.15) is 0 Å². The van der Waals surface area contributed by atoms with Crippen molar-refractivity contribution in [3.8, 4) is 5.75 Å². The van der Waals surface area contributed by atoms with Crippen molar-refractivity contribution in [2.24, 2.45) is 0 Å². The molecule has 0 aliphatic carbocycles. The molecule has 0 bridgehead atoms. The number of allylic oxidation sites excluding steroid dienone is 2. The fraction of sp³-hybridized carbons (Fsp3) is 0.423. The van der Waals surface area contributed by atoms with Gasteiger partial charge in [-0.1, -0.05) is 19.1 Å². The van der Waals surface area contributed by atoms with Gasteiger partial charge in [0.15, 0.2) is 5.78 Å². The first kappa shape index (κ1) is 27.3. The summed E-state index contributed by atoms with van der Waals surface area (Å²) in [6.07, 6.45) is 8.58. The van der Waals surface area contributed by atoms with Crippen LogP contribution in [0.4, 0.5) is 0 Å². The van der Waals surface area contributed by atoms with Gasteiger partial charge >= 0.3 is 11.6 Å². The molecule has 2 rings (SSSR count). The number of aryl methyl sites for hydroxylation is 1. The van der Waals surface area contributed by atoms with E-state index in [0.29, 0.717) is 30.8 Å². The molecule has 184 valence electrons. The van der Waals surface area contributed by atoms with Gasteiger partial charge in [0.2, 0.25) is 0 Å². The minimum Gasteiger partial charge on any atom is -0.507 e. The van der Waals surface area contributed by atoms with Crippen molar-refractivity contribution in [3.05, 3.63) is 67.4 Å². The van der Waals surface area contributed by atoms with Crippen molar-refractivity contribution in [2.75, 3.05) is 20.8 Å². The van der Waals surface area contributed by atoms with Crippen LogP contribution < -0.4 is 5.63 Å². The van der Waals surface area contributed by atoms with Gasteiger partial charge in [-0.15, -0.1) is 11.3 Å². The van der Waals surface area contributed by atoms with Gasteiger partial charge < -0.3 is 19.0 Å². The summed E-state index contributed by atoms with van der Waals surface area (Å²) in [6.45, 7) is 4.17. The van der Waals surface area contributed by atoms with Crippen LogP contribution in [0.15, 0.2) is 45.1 Å². The van der Waals surface area contributed by atoms with Crippen molar-refractivity contribution in [2.45, 2.75) is 51.9 Å². The predicted molar refractivity (Wildman–Crippen MR) is 133 cm³/mol. The molecule has 0 radical (unpaired) electrons. The maximum Gasteiger partial charge on any atom is 0.351 e. The van der Waals surface area contributed by atoms with Crippen LogP contribution in [0.2, 0.25) is 0 Å². The minimum atomic E-state index is -0.854. The number of carbonyl (C=O) groups is 2. The van der Waals surface area contributed by atoms with E-state index >= 15 is 0 Å². The highest BCUT2D eigenvalue weighted by Gasteiger charge is 2.22. The van der Waals surface area contributed by atoms with Crippen LogP contribution in [0, 0.1) is 0 Å². The summed E-state index contributed by atoms with van der Waals surface area (Å²) in [5.41, 5.74) is -0.878. The Labute approximate surface area is 203 Å². The fourth-order valence-electron chi connectivity index (χ4n) is 3.29. The molecule has 7 nitrogen and oxygen atoms in total. The number of ether oxygens (including phenoxy) is 2. The number of hydrogen-bond acceptors (Lipinski definition) is 8. The average molecular weight is 489 g/mol. The Balaban J connectivity index is 2.07. The third-order valence-electron chi connectivity index (χ3n) is 5.28. The first-order valence-electron chi connectivity index (χ1n) is 11.2. The molecule has 0 aromatic carbocycles. The summed E-state index contributed by atoms with van der Waals surface area (Å²) in [5, 5.41) is 10.4. The molecule has 1 atom stereocenters. The second-order valence-corrected chi connectivity index (χ2v) is 9.18. The highest BCUT2D eigenvalue weighted by molar-refractivity contribution is 7.12. The first-order chi connectivity index (χ1) is 16.3. The zero-order chi connectivity index (χ0) is 25.1. The Hall–Kier alpha value is -2.97. The number of rotatable bonds is 13. The monoisotopic (exact) mass is 488 g/mol. The normalized spacial score (nSPS) is 12.8. The van der Waals surface area contributed by atoms with Crippen LogP contribution >= 0.6 is 11.3 Å². The van der Waals surface area contributed by atoms with Crippen LogP contribution in [-0.4, -0.2) is 37.7 Å². The highest BCUT2D eigenvalue weighted by atomic mass is 32.1. The SMILES string of the molecule is COCCCc1ccc(C=C(C)C(=O)c2c(O)cc(C(C)CC/C=C/CC(=O)OC)oc2=O)s1. The molecule has 1 N–H and O–H groups in total. The number of esters is 1. The molecule has 0 spiro atoms. The molecular weight excluding hydrogens is 456 g/mol. The third-order valence-corrected chi connectivity index (χ3v) is 6.37. The number of thiophene rings is 1. The lowest BCUT2D eigenvalue weighted by molar-refractivity contribution is -0.139. The van der Waals surface area contributed by atoms with Crippen molar-refractivity contribution >= 4 is 29.2 Å². The lowest BCUT2D eigenvalue weighted by Crippen LogP contribution is -2.16. The van der Waals surface area contributed by atoms with Gasteiger partial charge in [0.05, 0.1) is 13.5 Å². The predicted octanol–water partition coefficient (Wildman–Crippen LogP) is 5.28. The first-order valence-corrected chi connectivity index (χ1v) is 12.0. The Morgan fingerprint density at radius 1 is 1.24 bits per heavy atom. The summed E-state index contributed by atoms with van der Waals surface area (Å²) < 4.78 is 15.0. The van der Waals surface area contributed by atoms with Crippen molar-refractivity contribution < 1.29 is 28.6 Å². The zero-order valence-electron chi connectivity index (χ0n) is 20.1. The van der Waals surface area contributed by atoms with Crippen LogP contribution in [-0.2, 0) is 20.7 Å². The largest absolute Gasteiger partial charge is 0.507 e. The zero-order valence-corrected chi connectivity index (χ0v) is 20.9. The van der Waals surface area contributed by atoms with E-state index < -0.39 is 11.4 Å². The number of Topliss-reactive ketones (excluding diaryl/α,β-unsaturated/α-hetero) is 1. The molecule has 0 fully saturated rings. The Bertz CT molecular complexity index is 1090. The van der Waals surface area contributed by atoms with Crippen molar-refractivity contribution in [1.82, 2.24) is 0 Å². The van der Waals surface area contributed by atoms with Gasteiger partial charge in [-0.25, -0.2) is 4.79 Å². The number of ketones is 1. The van der Waals surface area contributed by atoms with E-state index in [-0.39, 0.29) is 29.6 Å². The fourth-order valence-corrected chi connectivity index (χ4v) is 4.35. The number of aromatic hydroxyl groups is 1. The van der Waals surface area contributed by atoms with E-state index in [2.05, 4.69) is 4.74 Å². The van der Waals surface area contributed by atoms with E-state index in [4.69, 9.17) is 9.15 Å². The molecule has 0 aliphatic rings. The van der Waals surface area contributed by atoms with Gasteiger partial charge in [-0.05, 0) is 56.4 Å². The maximum absolute atomic E-state index is 12.9. The lowest BCUT2D eigenvalue weighted by Gasteiger charge is -2.11. The summed E-state index contributed by atoms with van der Waals surface area (Å²) in [5.74, 6) is -1.12. The van der Waals surface area contributed by atoms with Gasteiger partial charge in [0.1, 0.15) is 17.1 Å². The topological polar surface area (TPSA) is 103 Å². The summed E-state index contributed by atoms with van der Waals surface area (Å²) in [4.78, 5) is 38.6. The lowest BCUT2D eigenvalue weighted by atomic mass is 9.99. The molecule has 0 amide bonds. The summed E-state index contributed by atoms with van der Waals surface area (Å²) >= 11 is 1.57. The Morgan fingerprint density at radius 2 is 2.00 bits per heavy atom. The van der Waals surface area contributed by atoms with Crippen LogP contribution in [0.3, 0.4) is 0 Å². The molecule has 0 aliphatic heterocycles. The van der Waals surface area contributed by atoms with Crippen LogP contribution in [0.25, 0.3) is 6.08 Å². The van der Waals surface area contributed by atoms with Gasteiger partial charge in [-0.3, -0.25) is 9.59 Å². The molecular formula is C26H32O7S. The number of methoxy groups -OCH3 is 2. The van der Waals surface area contributed by atoms with E-state index in [0.717, 1.165) is 17.7 Å². The second-order valence-electron chi connectivity index (χ2n) is 7.98. The molecule has 2 aromatic rings. The quantitative estimate of drug-likeness (QED) is 0.135. The van der Waals surface area contributed by atoms with Crippen molar-refractivity contribution in [1.29, 1.82) is 0 Å². The third kappa shape index (κ3) is 8.11. The average Bonchev–Trinajstić information content (AvgIpc) is 3.25. The molecule has 0 saturated heterocycles. The van der Waals surface area contributed by atoms with Crippen molar-refractivity contribution in [3.63, 3.8) is 0 Å². The number of hydrogen-bond donors (Lipinski definition) is 1. The summed E-state index contributed by atoms with van der Waals surface area (Å²) in [6, 6.07) is 5.27. The molecule has 34 heavy (non-hydrogen) atoms. The second kappa shape index (κ2) is 13.7. The maximum atomic E-state index is 12.9. The van der Waals surface area contributed by atoms with E-state index in [9.17, 15) is 19.5 Å². The van der Waals surface area contributed by atoms with Gasteiger partial charge in [0.25, 0.3) is 0 Å². The molecule has 8 heteroatoms. The Morgan fingerprint density at radius 3 is 2.68 bits per heavy atom. The molecule has 1 unspecified atom stereocenters. The molecule has 2 aromatic heterocycles. The minimum absolute atomic E-state index is 0.162. The van der Waals surface area contributed by atoms with E-state index in [1.165, 1.54) is 18.1 Å². The highest BCUT2D eigenvalue weighted by Crippen LogP contribution is 2.27. The standard InChI is InChI=1S/C26H32O7S/c1-17(9-6-5-7-11-23(28)32-4)22-16-21(27)24(26(30)33-22)25(29)18(2)15-20-13-12-19(34-20)10-8-14-31-3/h5,7,12-13,15-17,27H,6,8-11,14H2,1-4H3/b7-5+,18-15?. The van der Waals surface area contributed by atoms with E-state index in [1.807, 2.05) is 25.1 Å². The summed E-state index contributed by atoms with van der Waals surface area (Å²) in [7, 11) is 3.01. The Kier molecular flexibility index (Phi) is 11.0. The smallest absolute Gasteiger partial charge is 0.351 e. The number of carbonyl (C=O) groups excluding carboxylic acids is 2. The van der Waals surface area contributed by atoms with E-state index in [1.54, 1.807) is 37.5 Å². The molecule has 0 saturated carbocycles.